The van der Waals surface area contributed by atoms with E-state index in [1.54, 1.807) is 6.20 Å². The number of anilines is 1. The molecule has 4 rings (SSSR count). The summed E-state index contributed by atoms with van der Waals surface area (Å²) in [5.41, 5.74) is 11.0. The first-order valence-corrected chi connectivity index (χ1v) is 9.29. The summed E-state index contributed by atoms with van der Waals surface area (Å²) in [6, 6.07) is 10.2. The fourth-order valence-corrected chi connectivity index (χ4v) is 3.44. The van der Waals surface area contributed by atoms with Crippen LogP contribution >= 0.6 is 0 Å². The molecule has 2 N–H and O–H groups in total. The Bertz CT molecular complexity index is 1090. The van der Waals surface area contributed by atoms with Crippen LogP contribution in [0.4, 0.5) is 5.82 Å². The summed E-state index contributed by atoms with van der Waals surface area (Å²) in [4.78, 5) is 13.6. The van der Waals surface area contributed by atoms with Gasteiger partial charge in [0, 0.05) is 36.5 Å². The summed E-state index contributed by atoms with van der Waals surface area (Å²) in [7, 11) is 0. The molecule has 0 unspecified atom stereocenters. The molecule has 4 aromatic rings. The maximum atomic E-state index is 6.28. The van der Waals surface area contributed by atoms with Crippen LogP contribution in [0.5, 0.6) is 0 Å². The monoisotopic (exact) mass is 361 g/mol. The Morgan fingerprint density at radius 2 is 2.00 bits per heavy atom. The van der Waals surface area contributed by atoms with E-state index in [1.165, 1.54) is 0 Å². The number of imidazole rings is 1. The van der Waals surface area contributed by atoms with Gasteiger partial charge in [0.1, 0.15) is 17.9 Å². The van der Waals surface area contributed by atoms with Crippen molar-refractivity contribution in [2.75, 3.05) is 12.3 Å². The molecule has 138 valence electrons. The molecule has 0 radical (unpaired) electrons. The quantitative estimate of drug-likeness (QED) is 0.557. The van der Waals surface area contributed by atoms with E-state index < -0.39 is 0 Å². The third kappa shape index (κ3) is 3.13. The zero-order valence-electron chi connectivity index (χ0n) is 15.6. The lowest BCUT2D eigenvalue weighted by Crippen LogP contribution is -2.05. The second-order valence-corrected chi connectivity index (χ2v) is 6.48. The fraction of sp³-hybridized carbons (Fsp3) is 0.286. The molecular formula is C21H23N5O. The number of benzene rings is 1. The van der Waals surface area contributed by atoms with E-state index in [-0.39, 0.29) is 0 Å². The number of hydrogen-bond donors (Lipinski definition) is 1. The van der Waals surface area contributed by atoms with Crippen LogP contribution in [0.1, 0.15) is 26.1 Å². The molecule has 6 heteroatoms. The lowest BCUT2D eigenvalue weighted by atomic mass is 10.0. The van der Waals surface area contributed by atoms with Crippen molar-refractivity contribution >= 4 is 27.8 Å². The number of rotatable bonds is 6. The number of aromatic nitrogens is 4. The number of pyridine rings is 2. The average molecular weight is 361 g/mol. The summed E-state index contributed by atoms with van der Waals surface area (Å²) < 4.78 is 7.83. The highest BCUT2D eigenvalue weighted by Crippen LogP contribution is 2.32. The van der Waals surface area contributed by atoms with E-state index in [1.807, 2.05) is 25.3 Å². The van der Waals surface area contributed by atoms with Crippen molar-refractivity contribution in [2.24, 2.45) is 0 Å². The Labute approximate surface area is 158 Å². The van der Waals surface area contributed by atoms with Crippen molar-refractivity contribution in [3.05, 3.63) is 48.5 Å². The lowest BCUT2D eigenvalue weighted by Gasteiger charge is -2.10. The molecule has 0 aliphatic heterocycles. The second-order valence-electron chi connectivity index (χ2n) is 6.48. The Hall–Kier alpha value is -2.99. The minimum absolute atomic E-state index is 0.452. The van der Waals surface area contributed by atoms with E-state index in [9.17, 15) is 0 Å². The predicted molar refractivity (Wildman–Crippen MR) is 108 cm³/mol. The summed E-state index contributed by atoms with van der Waals surface area (Å²) in [6.45, 7) is 6.13. The number of nitrogen functional groups attached to an aromatic ring is 1. The van der Waals surface area contributed by atoms with E-state index in [2.05, 4.69) is 39.7 Å². The maximum absolute atomic E-state index is 6.28. The second kappa shape index (κ2) is 7.32. The first-order valence-electron chi connectivity index (χ1n) is 9.29. The molecule has 0 saturated heterocycles. The van der Waals surface area contributed by atoms with Crippen molar-refractivity contribution in [3.8, 4) is 11.1 Å². The molecule has 0 spiro atoms. The van der Waals surface area contributed by atoms with E-state index in [0.717, 1.165) is 51.9 Å². The van der Waals surface area contributed by atoms with Crippen LogP contribution in [-0.4, -0.2) is 26.1 Å². The van der Waals surface area contributed by atoms with Crippen LogP contribution in [0.15, 0.2) is 42.7 Å². The van der Waals surface area contributed by atoms with Gasteiger partial charge >= 0.3 is 0 Å². The number of nitrogens with zero attached hydrogens (tertiary/aromatic N) is 4. The Balaban J connectivity index is 1.95. The van der Waals surface area contributed by atoms with Gasteiger partial charge in [0.2, 0.25) is 0 Å². The molecular weight excluding hydrogens is 338 g/mol. The predicted octanol–water partition coefficient (Wildman–Crippen LogP) is 4.18. The van der Waals surface area contributed by atoms with Gasteiger partial charge in [-0.3, -0.25) is 4.98 Å². The SMILES string of the molecule is CCCn1c(COCC)nc2c(N)nc3cc(-c4cccnc4)ccc3c21. The summed E-state index contributed by atoms with van der Waals surface area (Å²) >= 11 is 0. The van der Waals surface area contributed by atoms with Crippen LogP contribution in [0.2, 0.25) is 0 Å². The van der Waals surface area contributed by atoms with Crippen molar-refractivity contribution in [2.45, 2.75) is 33.4 Å². The molecule has 0 atom stereocenters. The number of ether oxygens (including phenoxy) is 1. The van der Waals surface area contributed by atoms with Crippen molar-refractivity contribution in [1.29, 1.82) is 0 Å². The number of aryl methyl sites for hydroxylation is 1. The standard InChI is InChI=1S/C21H23N5O/c1-3-10-26-18(13-27-4-2)25-19-20(26)16-8-7-14(11-17(16)24-21(19)22)15-6-5-9-23-12-15/h5-9,11-12H,3-4,10,13H2,1-2H3,(H2,22,24). The lowest BCUT2D eigenvalue weighted by molar-refractivity contribution is 0.126. The van der Waals surface area contributed by atoms with Gasteiger partial charge in [-0.25, -0.2) is 9.97 Å². The van der Waals surface area contributed by atoms with Crippen LogP contribution in [0, 0.1) is 0 Å². The van der Waals surface area contributed by atoms with Gasteiger partial charge in [-0.15, -0.1) is 0 Å². The zero-order chi connectivity index (χ0) is 18.8. The Morgan fingerprint density at radius 1 is 1.11 bits per heavy atom. The number of hydrogen-bond acceptors (Lipinski definition) is 5. The minimum Gasteiger partial charge on any atom is -0.382 e. The average Bonchev–Trinajstić information content (AvgIpc) is 3.06. The third-order valence-electron chi connectivity index (χ3n) is 4.66. The Morgan fingerprint density at radius 3 is 2.74 bits per heavy atom. The normalized spacial score (nSPS) is 11.5. The van der Waals surface area contributed by atoms with Crippen molar-refractivity contribution in [1.82, 2.24) is 19.5 Å². The van der Waals surface area contributed by atoms with Gasteiger partial charge in [-0.05, 0) is 31.0 Å². The highest BCUT2D eigenvalue weighted by Gasteiger charge is 2.17. The maximum Gasteiger partial charge on any atom is 0.152 e. The van der Waals surface area contributed by atoms with Gasteiger partial charge in [0.05, 0.1) is 11.0 Å². The summed E-state index contributed by atoms with van der Waals surface area (Å²) in [5, 5.41) is 1.05. The highest BCUT2D eigenvalue weighted by molar-refractivity contribution is 6.07. The van der Waals surface area contributed by atoms with Gasteiger partial charge < -0.3 is 15.0 Å². The molecule has 0 fully saturated rings. The molecule has 27 heavy (non-hydrogen) atoms. The zero-order valence-corrected chi connectivity index (χ0v) is 15.6. The number of fused-ring (bicyclic) bond motifs is 3. The van der Waals surface area contributed by atoms with Crippen LogP contribution in [-0.2, 0) is 17.9 Å². The molecule has 0 bridgehead atoms. The highest BCUT2D eigenvalue weighted by atomic mass is 16.5. The van der Waals surface area contributed by atoms with Gasteiger partial charge in [0.15, 0.2) is 5.82 Å². The Kier molecular flexibility index (Phi) is 4.73. The molecule has 3 heterocycles. The summed E-state index contributed by atoms with van der Waals surface area (Å²) in [5.74, 6) is 1.35. The molecule has 0 aliphatic rings. The fourth-order valence-electron chi connectivity index (χ4n) is 3.44. The largest absolute Gasteiger partial charge is 0.382 e. The molecule has 3 aromatic heterocycles. The molecule has 0 saturated carbocycles. The van der Waals surface area contributed by atoms with Crippen LogP contribution < -0.4 is 5.73 Å². The smallest absolute Gasteiger partial charge is 0.152 e. The third-order valence-corrected chi connectivity index (χ3v) is 4.66. The van der Waals surface area contributed by atoms with E-state index in [0.29, 0.717) is 19.0 Å². The van der Waals surface area contributed by atoms with Crippen molar-refractivity contribution < 1.29 is 4.74 Å². The minimum atomic E-state index is 0.452. The molecule has 0 aliphatic carbocycles. The van der Waals surface area contributed by atoms with Crippen molar-refractivity contribution in [3.63, 3.8) is 0 Å². The van der Waals surface area contributed by atoms with Gasteiger partial charge in [0.25, 0.3) is 0 Å². The topological polar surface area (TPSA) is 78.9 Å². The molecule has 1 aromatic carbocycles. The van der Waals surface area contributed by atoms with E-state index >= 15 is 0 Å². The van der Waals surface area contributed by atoms with Crippen LogP contribution in [0.25, 0.3) is 33.1 Å². The molecule has 6 nitrogen and oxygen atoms in total. The first kappa shape index (κ1) is 17.4. The molecule has 0 amide bonds. The van der Waals surface area contributed by atoms with Crippen LogP contribution in [0.3, 0.4) is 0 Å². The van der Waals surface area contributed by atoms with E-state index in [4.69, 9.17) is 15.5 Å². The summed E-state index contributed by atoms with van der Waals surface area (Å²) in [6.07, 6.45) is 4.63. The first-order chi connectivity index (χ1) is 13.2. The van der Waals surface area contributed by atoms with Gasteiger partial charge in [-0.2, -0.15) is 0 Å². The number of nitrogens with two attached hydrogens (primary N) is 1. The van der Waals surface area contributed by atoms with Gasteiger partial charge in [-0.1, -0.05) is 25.1 Å².